The van der Waals surface area contributed by atoms with Gasteiger partial charge in [-0.05, 0) is 44.0 Å². The van der Waals surface area contributed by atoms with Crippen LogP contribution in [0.1, 0.15) is 36.2 Å². The van der Waals surface area contributed by atoms with Crippen molar-refractivity contribution in [3.05, 3.63) is 48.4 Å². The number of pyridine rings is 2. The molecular formula is C18H18N6O2. The third-order valence-corrected chi connectivity index (χ3v) is 4.29. The van der Waals surface area contributed by atoms with Crippen LogP contribution in [-0.4, -0.2) is 37.2 Å². The Bertz CT molecular complexity index is 939. The molecule has 0 saturated carbocycles. The van der Waals surface area contributed by atoms with E-state index in [0.29, 0.717) is 35.4 Å². The molecular weight excluding hydrogens is 332 g/mol. The van der Waals surface area contributed by atoms with Gasteiger partial charge in [-0.2, -0.15) is 0 Å². The summed E-state index contributed by atoms with van der Waals surface area (Å²) in [5.74, 6) is 1.12. The first-order valence-electron chi connectivity index (χ1n) is 8.48. The van der Waals surface area contributed by atoms with Crippen LogP contribution in [0.25, 0.3) is 11.5 Å². The first kappa shape index (κ1) is 16.2. The second-order valence-electron chi connectivity index (χ2n) is 6.12. The number of hydrogen-bond acceptors (Lipinski definition) is 6. The predicted molar refractivity (Wildman–Crippen MR) is 94.9 cm³/mol. The van der Waals surface area contributed by atoms with Gasteiger partial charge < -0.3 is 14.6 Å². The van der Waals surface area contributed by atoms with Gasteiger partial charge in [0.05, 0.1) is 6.61 Å². The van der Waals surface area contributed by atoms with Crippen LogP contribution in [0.4, 0.5) is 5.82 Å². The molecule has 26 heavy (non-hydrogen) atoms. The number of anilines is 1. The zero-order valence-electron chi connectivity index (χ0n) is 14.3. The highest BCUT2D eigenvalue weighted by atomic mass is 16.5. The van der Waals surface area contributed by atoms with E-state index in [2.05, 4.69) is 32.4 Å². The number of carbonyl (C=O) groups is 1. The molecule has 1 atom stereocenters. The quantitative estimate of drug-likeness (QED) is 0.670. The van der Waals surface area contributed by atoms with Crippen molar-refractivity contribution in [2.75, 3.05) is 11.9 Å². The predicted octanol–water partition coefficient (Wildman–Crippen LogP) is 2.72. The van der Waals surface area contributed by atoms with Crippen molar-refractivity contribution in [3.8, 4) is 17.4 Å². The molecule has 0 aromatic carbocycles. The third-order valence-electron chi connectivity index (χ3n) is 4.29. The average Bonchev–Trinajstić information content (AvgIpc) is 3.15. The van der Waals surface area contributed by atoms with Crippen molar-refractivity contribution in [1.29, 1.82) is 0 Å². The van der Waals surface area contributed by atoms with E-state index >= 15 is 0 Å². The SMILES string of the molecule is CC1CCCOc2ncccc2C(=O)Nc2cccc(n2)-c2nncn21. The molecule has 0 spiro atoms. The number of nitrogens with one attached hydrogen (secondary N) is 1. The van der Waals surface area contributed by atoms with Crippen LogP contribution in [0.5, 0.6) is 5.88 Å². The van der Waals surface area contributed by atoms with Gasteiger partial charge in [0, 0.05) is 12.2 Å². The molecule has 8 nitrogen and oxygen atoms in total. The van der Waals surface area contributed by atoms with Crippen LogP contribution >= 0.6 is 0 Å². The molecule has 3 aromatic rings. The Hall–Kier alpha value is -3.29. The Kier molecular flexibility index (Phi) is 4.30. The number of carbonyl (C=O) groups excluding carboxylic acids is 1. The Morgan fingerprint density at radius 3 is 3.12 bits per heavy atom. The van der Waals surface area contributed by atoms with E-state index in [1.54, 1.807) is 30.7 Å². The van der Waals surface area contributed by atoms with E-state index in [9.17, 15) is 4.79 Å². The van der Waals surface area contributed by atoms with Gasteiger partial charge in [-0.25, -0.2) is 9.97 Å². The van der Waals surface area contributed by atoms with Crippen molar-refractivity contribution in [2.24, 2.45) is 0 Å². The lowest BCUT2D eigenvalue weighted by molar-refractivity contribution is 0.102. The summed E-state index contributed by atoms with van der Waals surface area (Å²) in [5, 5.41) is 11.0. The average molecular weight is 350 g/mol. The number of rotatable bonds is 0. The van der Waals surface area contributed by atoms with Gasteiger partial charge in [-0.15, -0.1) is 10.2 Å². The minimum atomic E-state index is -0.315. The van der Waals surface area contributed by atoms with Crippen LogP contribution in [-0.2, 0) is 0 Å². The molecule has 1 aliphatic rings. The number of hydrogen-bond donors (Lipinski definition) is 1. The van der Waals surface area contributed by atoms with Gasteiger partial charge in [-0.3, -0.25) is 4.79 Å². The topological polar surface area (TPSA) is 94.8 Å². The Morgan fingerprint density at radius 1 is 1.27 bits per heavy atom. The number of fused-ring (bicyclic) bond motifs is 5. The molecule has 132 valence electrons. The molecule has 2 bridgehead atoms. The maximum absolute atomic E-state index is 12.6. The van der Waals surface area contributed by atoms with Gasteiger partial charge >= 0.3 is 0 Å². The summed E-state index contributed by atoms with van der Waals surface area (Å²) in [6.07, 6.45) is 5.00. The zero-order chi connectivity index (χ0) is 17.9. The molecule has 4 heterocycles. The Morgan fingerprint density at radius 2 is 2.19 bits per heavy atom. The summed E-state index contributed by atoms with van der Waals surface area (Å²) in [7, 11) is 0. The fourth-order valence-electron chi connectivity index (χ4n) is 2.93. The second-order valence-corrected chi connectivity index (χ2v) is 6.12. The lowest BCUT2D eigenvalue weighted by Gasteiger charge is -2.17. The minimum absolute atomic E-state index is 0.190. The van der Waals surface area contributed by atoms with Gasteiger partial charge in [0.25, 0.3) is 5.91 Å². The second kappa shape index (κ2) is 6.91. The summed E-state index contributed by atoms with van der Waals surface area (Å²) in [5.41, 5.74) is 1.04. The molecule has 1 amide bonds. The Balaban J connectivity index is 1.76. The monoisotopic (exact) mass is 350 g/mol. The fourth-order valence-corrected chi connectivity index (χ4v) is 2.93. The Labute approximate surface area is 150 Å². The molecule has 1 N–H and O–H groups in total. The lowest BCUT2D eigenvalue weighted by Crippen LogP contribution is -2.17. The molecule has 1 aliphatic heterocycles. The largest absolute Gasteiger partial charge is 0.477 e. The van der Waals surface area contributed by atoms with Crippen molar-refractivity contribution >= 4 is 11.7 Å². The van der Waals surface area contributed by atoms with Gasteiger partial charge in [0.2, 0.25) is 5.88 Å². The minimum Gasteiger partial charge on any atom is -0.477 e. The molecule has 0 fully saturated rings. The van der Waals surface area contributed by atoms with E-state index in [1.165, 1.54) is 0 Å². The highest BCUT2D eigenvalue weighted by Gasteiger charge is 2.18. The standard InChI is InChI=1S/C18H18N6O2/c1-12-5-4-10-26-18-13(6-3-9-19-18)17(25)22-15-8-2-7-14(21-15)16-23-20-11-24(12)16/h2-3,6-9,11-12H,4-5,10H2,1H3,(H,21,22,25). The fraction of sp³-hybridized carbons (Fsp3) is 0.278. The third kappa shape index (κ3) is 3.13. The highest BCUT2D eigenvalue weighted by Crippen LogP contribution is 2.24. The zero-order valence-corrected chi connectivity index (χ0v) is 14.3. The maximum atomic E-state index is 12.6. The maximum Gasteiger partial charge on any atom is 0.262 e. The summed E-state index contributed by atoms with van der Waals surface area (Å²) < 4.78 is 7.73. The molecule has 0 radical (unpaired) electrons. The molecule has 3 aromatic heterocycles. The van der Waals surface area contributed by atoms with E-state index in [-0.39, 0.29) is 11.9 Å². The van der Waals surface area contributed by atoms with Gasteiger partial charge in [0.1, 0.15) is 23.4 Å². The van der Waals surface area contributed by atoms with Crippen LogP contribution < -0.4 is 10.1 Å². The summed E-state index contributed by atoms with van der Waals surface area (Å²) in [4.78, 5) is 21.3. The van der Waals surface area contributed by atoms with Crippen molar-refractivity contribution in [1.82, 2.24) is 24.7 Å². The number of ether oxygens (including phenoxy) is 1. The summed E-state index contributed by atoms with van der Waals surface area (Å²) in [6.45, 7) is 2.58. The lowest BCUT2D eigenvalue weighted by atomic mass is 10.1. The van der Waals surface area contributed by atoms with Gasteiger partial charge in [-0.1, -0.05) is 6.07 Å². The van der Waals surface area contributed by atoms with Gasteiger partial charge in [0.15, 0.2) is 5.82 Å². The number of aromatic nitrogens is 5. The first-order chi connectivity index (χ1) is 12.7. The van der Waals surface area contributed by atoms with Crippen LogP contribution in [0.15, 0.2) is 42.9 Å². The number of nitrogens with zero attached hydrogens (tertiary/aromatic N) is 5. The summed E-state index contributed by atoms with van der Waals surface area (Å²) >= 11 is 0. The van der Waals surface area contributed by atoms with Crippen LogP contribution in [0.2, 0.25) is 0 Å². The van der Waals surface area contributed by atoms with Crippen molar-refractivity contribution in [3.63, 3.8) is 0 Å². The van der Waals surface area contributed by atoms with Crippen molar-refractivity contribution < 1.29 is 9.53 Å². The first-order valence-corrected chi connectivity index (χ1v) is 8.48. The molecule has 8 heteroatoms. The smallest absolute Gasteiger partial charge is 0.262 e. The van der Waals surface area contributed by atoms with E-state index in [0.717, 1.165) is 12.8 Å². The molecule has 4 rings (SSSR count). The molecule has 0 saturated heterocycles. The van der Waals surface area contributed by atoms with Crippen molar-refractivity contribution in [2.45, 2.75) is 25.8 Å². The van der Waals surface area contributed by atoms with E-state index in [1.807, 2.05) is 16.7 Å². The van der Waals surface area contributed by atoms with Crippen LogP contribution in [0.3, 0.4) is 0 Å². The highest BCUT2D eigenvalue weighted by molar-refractivity contribution is 6.05. The molecule has 1 unspecified atom stereocenters. The van der Waals surface area contributed by atoms with E-state index < -0.39 is 0 Å². The summed E-state index contributed by atoms with van der Waals surface area (Å²) in [6, 6.07) is 9.00. The molecule has 0 aliphatic carbocycles. The van der Waals surface area contributed by atoms with E-state index in [4.69, 9.17) is 4.74 Å². The normalized spacial score (nSPS) is 17.3. The van der Waals surface area contributed by atoms with Crippen LogP contribution in [0, 0.1) is 0 Å². The number of amides is 1.